The Morgan fingerprint density at radius 1 is 1.11 bits per heavy atom. The molecule has 5 aliphatic rings. The Morgan fingerprint density at radius 3 is 2.63 bits per heavy atom. The summed E-state index contributed by atoms with van der Waals surface area (Å²) in [6, 6.07) is 0. The van der Waals surface area contributed by atoms with E-state index in [0.29, 0.717) is 12.3 Å². The molecule has 0 aromatic rings. The summed E-state index contributed by atoms with van der Waals surface area (Å²) in [7, 11) is 0. The molecule has 1 saturated carbocycles. The summed E-state index contributed by atoms with van der Waals surface area (Å²) in [5, 5.41) is 8.76. The number of carbonyl (C=O) groups is 2. The van der Waals surface area contributed by atoms with Crippen LogP contribution in [0.4, 0.5) is 0 Å². The summed E-state index contributed by atoms with van der Waals surface area (Å²) in [4.78, 5) is 34.5. The monoisotopic (exact) mass is 384 g/mol. The van der Waals surface area contributed by atoms with E-state index in [0.717, 1.165) is 19.3 Å². The van der Waals surface area contributed by atoms with Crippen molar-refractivity contribution in [3.63, 3.8) is 0 Å². The Hall–Kier alpha value is -1.22. The fourth-order valence-corrected chi connectivity index (χ4v) is 5.40. The molecule has 5 fully saturated rings. The molecule has 8 atom stereocenters. The minimum atomic E-state index is -1.03. The first kappa shape index (κ1) is 19.1. The van der Waals surface area contributed by atoms with Gasteiger partial charge in [-0.1, -0.05) is 13.8 Å². The molecule has 0 aromatic heterocycles. The van der Waals surface area contributed by atoms with Gasteiger partial charge in [-0.05, 0) is 38.0 Å². The van der Waals surface area contributed by atoms with Gasteiger partial charge in [-0.15, -0.1) is 0 Å². The van der Waals surface area contributed by atoms with Crippen molar-refractivity contribution in [3.05, 3.63) is 0 Å². The van der Waals surface area contributed by atoms with Gasteiger partial charge in [0.2, 0.25) is 12.1 Å². The summed E-state index contributed by atoms with van der Waals surface area (Å²) in [5.74, 6) is -1.82. The molecule has 27 heavy (non-hydrogen) atoms. The van der Waals surface area contributed by atoms with Gasteiger partial charge in [0.1, 0.15) is 0 Å². The van der Waals surface area contributed by atoms with E-state index in [4.69, 9.17) is 29.1 Å². The van der Waals surface area contributed by atoms with E-state index in [1.54, 1.807) is 0 Å². The van der Waals surface area contributed by atoms with Crippen LogP contribution in [0.1, 0.15) is 59.3 Å². The van der Waals surface area contributed by atoms with Crippen LogP contribution in [0.3, 0.4) is 0 Å². The first-order chi connectivity index (χ1) is 12.7. The van der Waals surface area contributed by atoms with Gasteiger partial charge in [0, 0.05) is 18.3 Å². The Balaban J connectivity index is 1.58. The number of rotatable bonds is 4. The van der Waals surface area contributed by atoms with Crippen LogP contribution in [0.15, 0.2) is 0 Å². The van der Waals surface area contributed by atoms with Gasteiger partial charge in [0.15, 0.2) is 11.9 Å². The molecule has 8 nitrogen and oxygen atoms in total. The molecule has 4 heterocycles. The second-order valence-corrected chi connectivity index (χ2v) is 8.66. The van der Waals surface area contributed by atoms with E-state index >= 15 is 0 Å². The average molecular weight is 384 g/mol. The molecular formula is C19H28O8. The minimum Gasteiger partial charge on any atom is -0.481 e. The molecule has 1 spiro atoms. The fourth-order valence-electron chi connectivity index (χ4n) is 5.40. The van der Waals surface area contributed by atoms with Crippen molar-refractivity contribution in [2.24, 2.45) is 23.7 Å². The zero-order valence-electron chi connectivity index (χ0n) is 16.0. The normalized spacial score (nSPS) is 48.4. The van der Waals surface area contributed by atoms with Crippen LogP contribution >= 0.6 is 0 Å². The van der Waals surface area contributed by atoms with E-state index in [1.807, 2.05) is 13.8 Å². The molecule has 1 unspecified atom stereocenters. The third-order valence-electron chi connectivity index (χ3n) is 6.89. The number of carboxylic acids is 1. The third-order valence-corrected chi connectivity index (χ3v) is 6.89. The molecule has 1 aliphatic carbocycles. The molecular weight excluding hydrogens is 356 g/mol. The van der Waals surface area contributed by atoms with E-state index in [9.17, 15) is 9.59 Å². The maximum absolute atomic E-state index is 12.1. The van der Waals surface area contributed by atoms with E-state index < -0.39 is 35.9 Å². The third kappa shape index (κ3) is 3.06. The number of aliphatic carboxylic acids is 1. The molecule has 0 amide bonds. The second kappa shape index (κ2) is 6.69. The molecule has 0 aromatic carbocycles. The van der Waals surface area contributed by atoms with Crippen molar-refractivity contribution in [2.75, 3.05) is 0 Å². The minimum absolute atomic E-state index is 0.0670. The van der Waals surface area contributed by atoms with Gasteiger partial charge >= 0.3 is 11.9 Å². The molecule has 8 heteroatoms. The number of ether oxygens (including phenoxy) is 3. The summed E-state index contributed by atoms with van der Waals surface area (Å²) in [5.41, 5.74) is -0.697. The first-order valence-electron chi connectivity index (χ1n) is 9.86. The zero-order valence-corrected chi connectivity index (χ0v) is 16.0. The highest BCUT2D eigenvalue weighted by Gasteiger charge is 2.69. The number of hydrogen-bond acceptors (Lipinski definition) is 7. The smallest absolute Gasteiger partial charge is 0.308 e. The number of carbonyl (C=O) groups excluding carboxylic acids is 1. The highest BCUT2D eigenvalue weighted by Crippen LogP contribution is 2.60. The topological polar surface area (TPSA) is 101 Å². The molecule has 4 saturated heterocycles. The SMILES string of the molecule is C[C@@H]1CC[C@H]2[C@@H](C)C(OC(=O)CCC(=O)O)O[C@@H]3O[C@]4(C)CC[C@@H]1[C@]32OO4. The van der Waals surface area contributed by atoms with Gasteiger partial charge in [-0.2, -0.15) is 0 Å². The zero-order chi connectivity index (χ0) is 19.4. The van der Waals surface area contributed by atoms with Gasteiger partial charge in [0.25, 0.3) is 0 Å². The summed E-state index contributed by atoms with van der Waals surface area (Å²) >= 11 is 0. The van der Waals surface area contributed by atoms with Crippen molar-refractivity contribution in [1.82, 2.24) is 0 Å². The lowest BCUT2D eigenvalue weighted by molar-refractivity contribution is -0.576. The summed E-state index contributed by atoms with van der Waals surface area (Å²) in [6.45, 7) is 6.06. The molecule has 152 valence electrons. The predicted molar refractivity (Wildman–Crippen MR) is 89.8 cm³/mol. The van der Waals surface area contributed by atoms with Crippen molar-refractivity contribution < 1.29 is 38.7 Å². The largest absolute Gasteiger partial charge is 0.481 e. The fraction of sp³-hybridized carbons (Fsp3) is 0.895. The van der Waals surface area contributed by atoms with Crippen LogP contribution in [0.5, 0.6) is 0 Å². The van der Waals surface area contributed by atoms with Crippen molar-refractivity contribution >= 4 is 11.9 Å². The van der Waals surface area contributed by atoms with Crippen LogP contribution in [0.2, 0.25) is 0 Å². The van der Waals surface area contributed by atoms with E-state index in [2.05, 4.69) is 6.92 Å². The predicted octanol–water partition coefficient (Wildman–Crippen LogP) is 2.60. The Labute approximate surface area is 158 Å². The van der Waals surface area contributed by atoms with Crippen LogP contribution in [-0.4, -0.2) is 41.0 Å². The number of fused-ring (bicyclic) bond motifs is 2. The Morgan fingerprint density at radius 2 is 1.89 bits per heavy atom. The number of hydrogen-bond donors (Lipinski definition) is 1. The molecule has 0 radical (unpaired) electrons. The highest BCUT2D eigenvalue weighted by molar-refractivity contribution is 5.76. The highest BCUT2D eigenvalue weighted by atomic mass is 17.3. The standard InChI is InChI=1S/C19H28O8/c1-10-4-5-13-11(2)16(23-15(22)7-6-14(20)21)24-17-19(13)12(10)8-9-18(3,25-17)26-27-19/h10-13,16-17H,4-9H2,1-3H3,(H,20,21)/t10-,11-,12+,13+,16?,17-,18+,19-/m1/s1. The average Bonchev–Trinajstić information content (AvgIpc) is 2.84. The molecule has 2 bridgehead atoms. The van der Waals surface area contributed by atoms with Crippen LogP contribution in [0, 0.1) is 23.7 Å². The van der Waals surface area contributed by atoms with Crippen molar-refractivity contribution in [3.8, 4) is 0 Å². The summed E-state index contributed by atoms with van der Waals surface area (Å²) in [6.07, 6.45) is 1.72. The molecule has 5 rings (SSSR count). The first-order valence-corrected chi connectivity index (χ1v) is 9.86. The molecule has 4 aliphatic heterocycles. The number of esters is 1. The second-order valence-electron chi connectivity index (χ2n) is 8.66. The van der Waals surface area contributed by atoms with Gasteiger partial charge in [0.05, 0.1) is 12.8 Å². The van der Waals surface area contributed by atoms with Crippen LogP contribution < -0.4 is 0 Å². The number of carboxylic acid groups (broad SMARTS) is 1. The molecule has 1 N–H and O–H groups in total. The lowest BCUT2D eigenvalue weighted by atomic mass is 9.58. The lowest BCUT2D eigenvalue weighted by Crippen LogP contribution is -2.70. The lowest BCUT2D eigenvalue weighted by Gasteiger charge is -2.59. The Kier molecular flexibility index (Phi) is 4.73. The maximum atomic E-state index is 12.1. The van der Waals surface area contributed by atoms with Crippen molar-refractivity contribution in [1.29, 1.82) is 0 Å². The van der Waals surface area contributed by atoms with Gasteiger partial charge in [-0.3, -0.25) is 9.59 Å². The van der Waals surface area contributed by atoms with Gasteiger partial charge in [-0.25, -0.2) is 9.78 Å². The van der Waals surface area contributed by atoms with Crippen molar-refractivity contribution in [2.45, 2.75) is 83.3 Å². The maximum Gasteiger partial charge on any atom is 0.308 e. The van der Waals surface area contributed by atoms with E-state index in [-0.39, 0.29) is 30.6 Å². The Bertz CT molecular complexity index is 623. The quantitative estimate of drug-likeness (QED) is 0.583. The van der Waals surface area contributed by atoms with Crippen LogP contribution in [0.25, 0.3) is 0 Å². The summed E-state index contributed by atoms with van der Waals surface area (Å²) < 4.78 is 17.8. The van der Waals surface area contributed by atoms with E-state index in [1.165, 1.54) is 0 Å². The van der Waals surface area contributed by atoms with Gasteiger partial charge < -0.3 is 19.3 Å². The van der Waals surface area contributed by atoms with Crippen LogP contribution in [-0.2, 0) is 33.6 Å².